The van der Waals surface area contributed by atoms with Crippen molar-refractivity contribution >= 4 is 34.7 Å². The second kappa shape index (κ2) is 7.52. The van der Waals surface area contributed by atoms with E-state index in [1.165, 1.54) is 11.3 Å². The molecule has 6 nitrogen and oxygen atoms in total. The van der Waals surface area contributed by atoms with Gasteiger partial charge in [0.25, 0.3) is 11.8 Å². The monoisotopic (exact) mass is 383 g/mol. The number of amides is 3. The van der Waals surface area contributed by atoms with Gasteiger partial charge in [0, 0.05) is 23.8 Å². The molecule has 4 rings (SSSR count). The quantitative estimate of drug-likeness (QED) is 0.833. The molecule has 1 aliphatic carbocycles. The van der Waals surface area contributed by atoms with Gasteiger partial charge in [0.2, 0.25) is 5.91 Å². The normalized spacial score (nSPS) is 19.0. The highest BCUT2D eigenvalue weighted by atomic mass is 32.1. The molecule has 2 heterocycles. The number of likely N-dealkylation sites (tertiary alicyclic amines) is 1. The van der Waals surface area contributed by atoms with Crippen molar-refractivity contribution in [2.24, 2.45) is 0 Å². The highest BCUT2D eigenvalue weighted by Gasteiger charge is 2.35. The Kier molecular flexibility index (Phi) is 4.94. The van der Waals surface area contributed by atoms with Gasteiger partial charge in [0.05, 0.1) is 4.88 Å². The van der Waals surface area contributed by atoms with Crippen molar-refractivity contribution < 1.29 is 14.4 Å². The lowest BCUT2D eigenvalue weighted by atomic mass is 10.1. The topological polar surface area (TPSA) is 78.5 Å². The van der Waals surface area contributed by atoms with Crippen LogP contribution in [0.1, 0.15) is 45.7 Å². The summed E-state index contributed by atoms with van der Waals surface area (Å²) in [6, 6.07) is 10.3. The summed E-state index contributed by atoms with van der Waals surface area (Å²) in [4.78, 5) is 39.9. The van der Waals surface area contributed by atoms with Crippen LogP contribution >= 0.6 is 11.3 Å². The molecule has 0 spiro atoms. The van der Waals surface area contributed by atoms with Gasteiger partial charge >= 0.3 is 0 Å². The predicted octanol–water partition coefficient (Wildman–Crippen LogP) is 2.88. The van der Waals surface area contributed by atoms with Gasteiger partial charge in [-0.1, -0.05) is 12.1 Å². The molecule has 2 N–H and O–H groups in total. The summed E-state index contributed by atoms with van der Waals surface area (Å²) in [6.07, 6.45) is 3.50. The van der Waals surface area contributed by atoms with Crippen LogP contribution in [0.5, 0.6) is 0 Å². The minimum atomic E-state index is -0.483. The number of benzene rings is 1. The Morgan fingerprint density at radius 1 is 1.07 bits per heavy atom. The molecule has 7 heteroatoms. The maximum Gasteiger partial charge on any atom is 0.264 e. The van der Waals surface area contributed by atoms with Crippen LogP contribution in [0.2, 0.25) is 0 Å². The van der Waals surface area contributed by atoms with Crippen LogP contribution in [0.4, 0.5) is 5.69 Å². The van der Waals surface area contributed by atoms with Crippen molar-refractivity contribution in [3.05, 3.63) is 52.2 Å². The molecule has 1 saturated heterocycles. The SMILES string of the molecule is O=C(NC1CC1)c1cccc(NC(=O)[C@H]2CCCN2C(=O)c2cccs2)c1. The lowest BCUT2D eigenvalue weighted by molar-refractivity contribution is -0.119. The van der Waals surface area contributed by atoms with Crippen molar-refractivity contribution in [2.75, 3.05) is 11.9 Å². The first kappa shape index (κ1) is 17.7. The third-order valence-corrected chi connectivity index (χ3v) is 5.71. The summed E-state index contributed by atoms with van der Waals surface area (Å²) in [5.74, 6) is -0.429. The molecule has 2 aromatic rings. The standard InChI is InChI=1S/C20H21N3O3S/c24-18(21-14-8-9-14)13-4-1-5-15(12-13)22-19(25)16-6-2-10-23(16)20(26)17-7-3-11-27-17/h1,3-5,7,11-12,14,16H,2,6,8-10H2,(H,21,24)(H,22,25)/t16-/m1/s1. The molecule has 0 unspecified atom stereocenters. The van der Waals surface area contributed by atoms with Crippen molar-refractivity contribution in [1.29, 1.82) is 0 Å². The first-order chi connectivity index (χ1) is 13.1. The van der Waals surface area contributed by atoms with Crippen molar-refractivity contribution in [1.82, 2.24) is 10.2 Å². The third-order valence-electron chi connectivity index (χ3n) is 4.85. The van der Waals surface area contributed by atoms with Crippen molar-refractivity contribution in [3.8, 4) is 0 Å². The largest absolute Gasteiger partial charge is 0.349 e. The first-order valence-corrected chi connectivity index (χ1v) is 10.1. The maximum absolute atomic E-state index is 12.8. The zero-order valence-electron chi connectivity index (χ0n) is 14.8. The van der Waals surface area contributed by atoms with E-state index in [0.29, 0.717) is 29.1 Å². The molecule has 1 aliphatic heterocycles. The van der Waals surface area contributed by atoms with Gasteiger partial charge in [-0.05, 0) is 55.3 Å². The number of carbonyl (C=O) groups excluding carboxylic acids is 3. The van der Waals surface area contributed by atoms with Gasteiger partial charge in [-0.15, -0.1) is 11.3 Å². The highest BCUT2D eigenvalue weighted by Crippen LogP contribution is 2.24. The maximum atomic E-state index is 12.8. The molecule has 27 heavy (non-hydrogen) atoms. The Balaban J connectivity index is 1.43. The average Bonchev–Trinajstić information content (AvgIpc) is 3.16. The summed E-state index contributed by atoms with van der Waals surface area (Å²) in [7, 11) is 0. The Hall–Kier alpha value is -2.67. The number of thiophene rings is 1. The molecule has 1 aromatic heterocycles. The Labute approximate surface area is 161 Å². The summed E-state index contributed by atoms with van der Waals surface area (Å²) >= 11 is 1.38. The van der Waals surface area contributed by atoms with E-state index in [9.17, 15) is 14.4 Å². The number of anilines is 1. The minimum absolute atomic E-state index is 0.0970. The third kappa shape index (κ3) is 4.03. The minimum Gasteiger partial charge on any atom is -0.349 e. The van der Waals surface area contributed by atoms with Gasteiger partial charge in [0.1, 0.15) is 6.04 Å². The average molecular weight is 383 g/mol. The lowest BCUT2D eigenvalue weighted by Crippen LogP contribution is -2.43. The van der Waals surface area contributed by atoms with Crippen LogP contribution in [0.3, 0.4) is 0 Å². The van der Waals surface area contributed by atoms with E-state index < -0.39 is 6.04 Å². The van der Waals surface area contributed by atoms with Gasteiger partial charge in [-0.3, -0.25) is 14.4 Å². The van der Waals surface area contributed by atoms with E-state index in [1.807, 2.05) is 11.4 Å². The fourth-order valence-corrected chi connectivity index (χ4v) is 3.96. The molecule has 1 aromatic carbocycles. The second-order valence-electron chi connectivity index (χ2n) is 6.95. The first-order valence-electron chi connectivity index (χ1n) is 9.18. The summed E-state index contributed by atoms with van der Waals surface area (Å²) in [5.41, 5.74) is 1.09. The van der Waals surface area contributed by atoms with Crippen LogP contribution < -0.4 is 10.6 Å². The molecule has 2 aliphatic rings. The van der Waals surface area contributed by atoms with Gasteiger partial charge in [-0.2, -0.15) is 0 Å². The molecule has 140 valence electrons. The molecular weight excluding hydrogens is 362 g/mol. The van der Waals surface area contributed by atoms with Crippen LogP contribution in [0, 0.1) is 0 Å². The van der Waals surface area contributed by atoms with E-state index in [0.717, 1.165) is 19.3 Å². The predicted molar refractivity (Wildman–Crippen MR) is 104 cm³/mol. The molecule has 3 amide bonds. The number of carbonyl (C=O) groups is 3. The van der Waals surface area contributed by atoms with E-state index in [2.05, 4.69) is 10.6 Å². The zero-order valence-corrected chi connectivity index (χ0v) is 15.6. The van der Waals surface area contributed by atoms with Crippen LogP contribution in [0.25, 0.3) is 0 Å². The van der Waals surface area contributed by atoms with E-state index in [4.69, 9.17) is 0 Å². The van der Waals surface area contributed by atoms with Crippen LogP contribution in [-0.2, 0) is 4.79 Å². The van der Waals surface area contributed by atoms with Crippen LogP contribution in [0.15, 0.2) is 41.8 Å². The van der Waals surface area contributed by atoms with Gasteiger partial charge in [0.15, 0.2) is 0 Å². The van der Waals surface area contributed by atoms with E-state index in [1.54, 1.807) is 35.2 Å². The number of nitrogens with zero attached hydrogens (tertiary/aromatic N) is 1. The number of rotatable bonds is 5. The molecule has 2 fully saturated rings. The molecular formula is C20H21N3O3S. The zero-order chi connectivity index (χ0) is 18.8. The van der Waals surface area contributed by atoms with Crippen molar-refractivity contribution in [3.63, 3.8) is 0 Å². The lowest BCUT2D eigenvalue weighted by Gasteiger charge is -2.23. The highest BCUT2D eigenvalue weighted by molar-refractivity contribution is 7.12. The number of hydrogen-bond acceptors (Lipinski definition) is 4. The second-order valence-corrected chi connectivity index (χ2v) is 7.90. The fourth-order valence-electron chi connectivity index (χ4n) is 3.28. The number of nitrogens with one attached hydrogen (secondary N) is 2. The van der Waals surface area contributed by atoms with Crippen molar-refractivity contribution in [2.45, 2.75) is 37.8 Å². The summed E-state index contributed by atoms with van der Waals surface area (Å²) < 4.78 is 0. The number of hydrogen-bond donors (Lipinski definition) is 2. The smallest absolute Gasteiger partial charge is 0.264 e. The van der Waals surface area contributed by atoms with Gasteiger partial charge in [-0.25, -0.2) is 0 Å². The molecule has 0 radical (unpaired) electrons. The molecule has 1 saturated carbocycles. The molecule has 1 atom stereocenters. The van der Waals surface area contributed by atoms with Crippen LogP contribution in [-0.4, -0.2) is 41.2 Å². The summed E-state index contributed by atoms with van der Waals surface area (Å²) in [6.45, 7) is 0.582. The Morgan fingerprint density at radius 2 is 1.93 bits per heavy atom. The van der Waals surface area contributed by atoms with E-state index >= 15 is 0 Å². The Morgan fingerprint density at radius 3 is 2.67 bits per heavy atom. The molecule has 0 bridgehead atoms. The fraction of sp³-hybridized carbons (Fsp3) is 0.350. The van der Waals surface area contributed by atoms with E-state index in [-0.39, 0.29) is 23.8 Å². The van der Waals surface area contributed by atoms with Gasteiger partial charge < -0.3 is 15.5 Å². The summed E-state index contributed by atoms with van der Waals surface area (Å²) in [5, 5.41) is 7.67. The Bertz CT molecular complexity index is 861.